The number of hydrogen-bond acceptors (Lipinski definition) is 3. The summed E-state index contributed by atoms with van der Waals surface area (Å²) in [5, 5.41) is 3.38. The summed E-state index contributed by atoms with van der Waals surface area (Å²) in [7, 11) is 0. The number of nitrogens with zero attached hydrogens (tertiary/aromatic N) is 1. The normalized spacial score (nSPS) is 10.7. The lowest BCUT2D eigenvalue weighted by atomic mass is 10.2. The number of halogens is 2. The van der Waals surface area contributed by atoms with Gasteiger partial charge in [-0.25, -0.2) is 4.98 Å². The molecule has 0 bridgehead atoms. The molecule has 5 heteroatoms. The van der Waals surface area contributed by atoms with Crippen molar-refractivity contribution in [3.8, 4) is 11.6 Å². The first-order chi connectivity index (χ1) is 10.1. The first-order valence-electron chi connectivity index (χ1n) is 6.89. The Hall–Kier alpha value is -0.910. The van der Waals surface area contributed by atoms with Gasteiger partial charge < -0.3 is 10.1 Å². The molecular formula is C16H18Br2N2O. The molecule has 21 heavy (non-hydrogen) atoms. The van der Waals surface area contributed by atoms with E-state index in [0.29, 0.717) is 5.88 Å². The van der Waals surface area contributed by atoms with E-state index in [0.717, 1.165) is 39.8 Å². The average Bonchev–Trinajstić information content (AvgIpc) is 2.44. The Morgan fingerprint density at radius 2 is 2.05 bits per heavy atom. The Morgan fingerprint density at radius 3 is 2.76 bits per heavy atom. The van der Waals surface area contributed by atoms with Gasteiger partial charge in [0.15, 0.2) is 0 Å². The number of aromatic nitrogens is 1. The molecule has 0 unspecified atom stereocenters. The molecule has 0 aliphatic carbocycles. The van der Waals surface area contributed by atoms with Crippen LogP contribution in [0, 0.1) is 6.92 Å². The summed E-state index contributed by atoms with van der Waals surface area (Å²) in [5.74, 6) is 1.40. The van der Waals surface area contributed by atoms with Crippen molar-refractivity contribution >= 4 is 31.9 Å². The van der Waals surface area contributed by atoms with E-state index in [-0.39, 0.29) is 0 Å². The number of nitrogens with one attached hydrogen (secondary N) is 1. The molecule has 0 aliphatic heterocycles. The molecule has 0 spiro atoms. The summed E-state index contributed by atoms with van der Waals surface area (Å²) >= 11 is 6.99. The van der Waals surface area contributed by atoms with Gasteiger partial charge in [0.25, 0.3) is 0 Å². The number of ether oxygens (including phenoxy) is 1. The van der Waals surface area contributed by atoms with Crippen LogP contribution in [0.1, 0.15) is 24.5 Å². The predicted octanol–water partition coefficient (Wildman–Crippen LogP) is 5.21. The van der Waals surface area contributed by atoms with Gasteiger partial charge in [-0.1, -0.05) is 13.0 Å². The first-order valence-corrected chi connectivity index (χ1v) is 8.48. The molecular weight excluding hydrogens is 396 g/mol. The minimum absolute atomic E-state index is 0.631. The highest BCUT2D eigenvalue weighted by Gasteiger charge is 2.10. The van der Waals surface area contributed by atoms with Crippen molar-refractivity contribution in [1.82, 2.24) is 10.3 Å². The number of benzene rings is 1. The molecule has 1 aromatic carbocycles. The summed E-state index contributed by atoms with van der Waals surface area (Å²) in [5.41, 5.74) is 2.22. The number of aryl methyl sites for hydroxylation is 1. The number of rotatable bonds is 6. The van der Waals surface area contributed by atoms with Crippen molar-refractivity contribution in [3.05, 3.63) is 50.5 Å². The maximum absolute atomic E-state index is 5.96. The van der Waals surface area contributed by atoms with Gasteiger partial charge in [-0.2, -0.15) is 0 Å². The molecule has 2 aromatic rings. The fourth-order valence-corrected chi connectivity index (χ4v) is 2.83. The van der Waals surface area contributed by atoms with Crippen LogP contribution in [0.5, 0.6) is 11.6 Å². The third kappa shape index (κ3) is 4.80. The Morgan fingerprint density at radius 1 is 1.24 bits per heavy atom. The zero-order valence-corrected chi connectivity index (χ0v) is 15.3. The quantitative estimate of drug-likeness (QED) is 0.660. The van der Waals surface area contributed by atoms with E-state index >= 15 is 0 Å². The minimum Gasteiger partial charge on any atom is -0.438 e. The third-order valence-electron chi connectivity index (χ3n) is 2.93. The summed E-state index contributed by atoms with van der Waals surface area (Å²) < 4.78 is 7.84. The Bertz CT molecular complexity index is 617. The maximum Gasteiger partial charge on any atom is 0.223 e. The smallest absolute Gasteiger partial charge is 0.223 e. The zero-order chi connectivity index (χ0) is 15.2. The molecule has 0 aliphatic rings. The van der Waals surface area contributed by atoms with E-state index in [1.807, 2.05) is 31.2 Å². The van der Waals surface area contributed by atoms with Crippen molar-refractivity contribution in [1.29, 1.82) is 0 Å². The van der Waals surface area contributed by atoms with Crippen LogP contribution in [0.25, 0.3) is 0 Å². The van der Waals surface area contributed by atoms with E-state index in [1.54, 1.807) is 6.20 Å². The summed E-state index contributed by atoms with van der Waals surface area (Å²) in [6, 6.07) is 8.04. The van der Waals surface area contributed by atoms with Gasteiger partial charge in [0.1, 0.15) is 5.75 Å². The summed E-state index contributed by atoms with van der Waals surface area (Å²) in [4.78, 5) is 4.39. The van der Waals surface area contributed by atoms with Crippen LogP contribution >= 0.6 is 31.9 Å². The zero-order valence-electron chi connectivity index (χ0n) is 12.1. The van der Waals surface area contributed by atoms with Gasteiger partial charge in [-0.15, -0.1) is 0 Å². The Labute approximate surface area is 142 Å². The second kappa shape index (κ2) is 7.92. The van der Waals surface area contributed by atoms with Crippen molar-refractivity contribution in [3.63, 3.8) is 0 Å². The minimum atomic E-state index is 0.631. The van der Waals surface area contributed by atoms with Crippen LogP contribution in [-0.2, 0) is 6.54 Å². The monoisotopic (exact) mass is 412 g/mol. The van der Waals surface area contributed by atoms with Crippen molar-refractivity contribution in [2.45, 2.75) is 26.8 Å². The van der Waals surface area contributed by atoms with Crippen LogP contribution in [0.15, 0.2) is 39.4 Å². The second-order valence-corrected chi connectivity index (χ2v) is 6.60. The molecule has 0 saturated heterocycles. The van der Waals surface area contributed by atoms with Crippen LogP contribution < -0.4 is 10.1 Å². The highest BCUT2D eigenvalue weighted by molar-refractivity contribution is 9.10. The largest absolute Gasteiger partial charge is 0.438 e. The topological polar surface area (TPSA) is 34.2 Å². The molecule has 112 valence electrons. The Balaban J connectivity index is 2.22. The van der Waals surface area contributed by atoms with Gasteiger partial charge >= 0.3 is 0 Å². The molecule has 0 radical (unpaired) electrons. The van der Waals surface area contributed by atoms with Gasteiger partial charge in [0, 0.05) is 22.8 Å². The fourth-order valence-electron chi connectivity index (χ4n) is 1.88. The fraction of sp³-hybridized carbons (Fsp3) is 0.312. The molecule has 0 atom stereocenters. The van der Waals surface area contributed by atoms with E-state index in [2.05, 4.69) is 49.1 Å². The van der Waals surface area contributed by atoms with E-state index in [1.165, 1.54) is 5.56 Å². The van der Waals surface area contributed by atoms with E-state index in [9.17, 15) is 0 Å². The van der Waals surface area contributed by atoms with Gasteiger partial charge in [0.2, 0.25) is 5.88 Å². The first kappa shape index (κ1) is 16.5. The molecule has 0 saturated carbocycles. The lowest BCUT2D eigenvalue weighted by Gasteiger charge is -2.12. The molecule has 1 aromatic heterocycles. The highest BCUT2D eigenvalue weighted by Crippen LogP contribution is 2.31. The molecule has 0 fully saturated rings. The molecule has 0 amide bonds. The number of pyridine rings is 1. The standard InChI is InChI=1S/C16H18Br2N2O/c1-3-6-19-9-12-8-13(17)10-20-16(12)21-15-5-4-11(2)7-14(15)18/h4-5,7-8,10,19H,3,6,9H2,1-2H3. The lowest BCUT2D eigenvalue weighted by molar-refractivity contribution is 0.450. The van der Waals surface area contributed by atoms with Crippen LogP contribution in [0.4, 0.5) is 0 Å². The van der Waals surface area contributed by atoms with E-state index in [4.69, 9.17) is 4.74 Å². The molecule has 1 N–H and O–H groups in total. The molecule has 3 nitrogen and oxygen atoms in total. The average molecular weight is 414 g/mol. The van der Waals surface area contributed by atoms with Crippen molar-refractivity contribution < 1.29 is 4.74 Å². The SMILES string of the molecule is CCCNCc1cc(Br)cnc1Oc1ccc(C)cc1Br. The van der Waals surface area contributed by atoms with Crippen LogP contribution in [0.2, 0.25) is 0 Å². The number of hydrogen-bond donors (Lipinski definition) is 1. The third-order valence-corrected chi connectivity index (χ3v) is 3.98. The summed E-state index contributed by atoms with van der Waals surface area (Å²) in [6.07, 6.45) is 2.85. The van der Waals surface area contributed by atoms with Crippen molar-refractivity contribution in [2.24, 2.45) is 0 Å². The van der Waals surface area contributed by atoms with Crippen LogP contribution in [-0.4, -0.2) is 11.5 Å². The Kier molecular flexibility index (Phi) is 6.21. The highest BCUT2D eigenvalue weighted by atomic mass is 79.9. The van der Waals surface area contributed by atoms with Gasteiger partial charge in [-0.3, -0.25) is 0 Å². The van der Waals surface area contributed by atoms with Crippen LogP contribution in [0.3, 0.4) is 0 Å². The van der Waals surface area contributed by atoms with E-state index < -0.39 is 0 Å². The summed E-state index contributed by atoms with van der Waals surface area (Å²) in [6.45, 7) is 5.90. The second-order valence-electron chi connectivity index (χ2n) is 4.83. The van der Waals surface area contributed by atoms with Crippen molar-refractivity contribution in [2.75, 3.05) is 6.54 Å². The van der Waals surface area contributed by atoms with Gasteiger partial charge in [0.05, 0.1) is 4.47 Å². The predicted molar refractivity (Wildman–Crippen MR) is 92.9 cm³/mol. The molecule has 2 rings (SSSR count). The molecule has 1 heterocycles. The van der Waals surface area contributed by atoms with Gasteiger partial charge in [-0.05, 0) is 75.5 Å². The maximum atomic E-state index is 5.96. The lowest BCUT2D eigenvalue weighted by Crippen LogP contribution is -2.14.